The molecule has 6 heteroatoms. The van der Waals surface area contributed by atoms with Crippen LogP contribution in [0, 0.1) is 21.8 Å². The number of carbonyl (C=O) groups excluding carboxylic acids is 1. The fourth-order valence-corrected chi connectivity index (χ4v) is 2.07. The van der Waals surface area contributed by atoms with E-state index in [1.165, 1.54) is 25.3 Å². The van der Waals surface area contributed by atoms with Crippen LogP contribution in [0.5, 0.6) is 0 Å². The Morgan fingerprint density at radius 2 is 2.21 bits per heavy atom. The van der Waals surface area contributed by atoms with Gasteiger partial charge in [0.1, 0.15) is 0 Å². The van der Waals surface area contributed by atoms with Gasteiger partial charge in [-0.3, -0.25) is 14.9 Å². The number of carbonyl (C=O) groups is 1. The van der Waals surface area contributed by atoms with Gasteiger partial charge in [0.25, 0.3) is 5.91 Å². The second-order valence-corrected chi connectivity index (χ2v) is 4.76. The zero-order valence-corrected chi connectivity index (χ0v) is 10.4. The predicted octanol–water partition coefficient (Wildman–Crippen LogP) is 2.65. The van der Waals surface area contributed by atoms with Gasteiger partial charge >= 0.3 is 5.69 Å². The van der Waals surface area contributed by atoms with Crippen molar-refractivity contribution in [3.05, 3.63) is 39.7 Å². The minimum absolute atomic E-state index is 0.108. The molecule has 1 fully saturated rings. The van der Waals surface area contributed by atoms with Crippen LogP contribution in [-0.2, 0) is 0 Å². The lowest BCUT2D eigenvalue weighted by Gasteiger charge is -2.25. The summed E-state index contributed by atoms with van der Waals surface area (Å²) in [5, 5.41) is 13.2. The highest BCUT2D eigenvalue weighted by Crippen LogP contribution is 2.28. The van der Waals surface area contributed by atoms with Gasteiger partial charge in [0.05, 0.1) is 4.92 Å². The van der Waals surface area contributed by atoms with Crippen molar-refractivity contribution in [1.82, 2.24) is 5.32 Å². The second-order valence-electron chi connectivity index (χ2n) is 4.76. The first kappa shape index (κ1) is 13.5. The van der Waals surface area contributed by atoms with Gasteiger partial charge in [0.15, 0.2) is 0 Å². The van der Waals surface area contributed by atoms with Crippen LogP contribution in [0.3, 0.4) is 0 Å². The van der Waals surface area contributed by atoms with E-state index in [-0.39, 0.29) is 5.56 Å². The van der Waals surface area contributed by atoms with Crippen molar-refractivity contribution in [3.8, 4) is 0 Å². The topological polar surface area (TPSA) is 72.2 Å². The Hall–Kier alpha value is -1.98. The normalized spacial score (nSPS) is 14.8. The van der Waals surface area contributed by atoms with Crippen molar-refractivity contribution in [2.24, 2.45) is 5.92 Å². The molecule has 0 aliphatic heterocycles. The lowest BCUT2D eigenvalue weighted by Crippen LogP contribution is -2.27. The van der Waals surface area contributed by atoms with E-state index in [1.807, 2.05) is 0 Å². The van der Waals surface area contributed by atoms with E-state index in [0.717, 1.165) is 18.6 Å². The number of benzene rings is 1. The number of nitro benzene ring substituents is 1. The molecule has 19 heavy (non-hydrogen) atoms. The first-order valence-corrected chi connectivity index (χ1v) is 6.30. The van der Waals surface area contributed by atoms with E-state index >= 15 is 0 Å². The number of rotatable bonds is 5. The molecule has 0 radical (unpaired) electrons. The Bertz CT molecular complexity index is 501. The third-order valence-corrected chi connectivity index (χ3v) is 3.47. The Kier molecular flexibility index (Phi) is 4.09. The first-order valence-electron chi connectivity index (χ1n) is 6.30. The highest BCUT2D eigenvalue weighted by molar-refractivity contribution is 5.94. The minimum atomic E-state index is -0.989. The number of halogens is 1. The van der Waals surface area contributed by atoms with Gasteiger partial charge in [-0.1, -0.05) is 19.3 Å². The first-order chi connectivity index (χ1) is 9.08. The molecule has 0 heterocycles. The zero-order valence-electron chi connectivity index (χ0n) is 10.4. The fourth-order valence-electron chi connectivity index (χ4n) is 2.07. The standard InChI is InChI=1S/C13H15FN2O3/c14-11-8-10(4-5-12(11)16(18)19)13(17)15-7-6-9-2-1-3-9/h4-5,8-9H,1-3,6-7H2,(H,15,17). The quantitative estimate of drug-likeness (QED) is 0.657. The van der Waals surface area contributed by atoms with Crippen LogP contribution in [0.1, 0.15) is 36.0 Å². The summed E-state index contributed by atoms with van der Waals surface area (Å²) in [5.74, 6) is -0.696. The monoisotopic (exact) mass is 266 g/mol. The summed E-state index contributed by atoms with van der Waals surface area (Å²) < 4.78 is 13.4. The van der Waals surface area contributed by atoms with Crippen LogP contribution in [-0.4, -0.2) is 17.4 Å². The molecule has 1 amide bonds. The molecular weight excluding hydrogens is 251 g/mol. The average Bonchev–Trinajstić information content (AvgIpc) is 2.31. The van der Waals surface area contributed by atoms with Gasteiger partial charge in [-0.2, -0.15) is 4.39 Å². The van der Waals surface area contributed by atoms with Gasteiger partial charge in [-0.15, -0.1) is 0 Å². The summed E-state index contributed by atoms with van der Waals surface area (Å²) in [6.45, 7) is 0.558. The molecule has 1 aromatic carbocycles. The Morgan fingerprint density at radius 3 is 2.74 bits per heavy atom. The summed E-state index contributed by atoms with van der Waals surface area (Å²) in [6.07, 6.45) is 4.61. The molecule has 0 aromatic heterocycles. The Labute approximate surface area is 110 Å². The Morgan fingerprint density at radius 1 is 1.47 bits per heavy atom. The number of amides is 1. The SMILES string of the molecule is O=C(NCCC1CCC1)c1ccc([N+](=O)[O-])c(F)c1. The van der Waals surface area contributed by atoms with Crippen LogP contribution in [0.25, 0.3) is 0 Å². The lowest BCUT2D eigenvalue weighted by molar-refractivity contribution is -0.387. The highest BCUT2D eigenvalue weighted by Gasteiger charge is 2.18. The summed E-state index contributed by atoms with van der Waals surface area (Å²) in [4.78, 5) is 21.4. The smallest absolute Gasteiger partial charge is 0.304 e. The van der Waals surface area contributed by atoms with Crippen LogP contribution in [0.4, 0.5) is 10.1 Å². The summed E-state index contributed by atoms with van der Waals surface area (Å²) >= 11 is 0. The molecule has 1 saturated carbocycles. The minimum Gasteiger partial charge on any atom is -0.352 e. The molecule has 0 saturated heterocycles. The van der Waals surface area contributed by atoms with Crippen LogP contribution in [0.15, 0.2) is 18.2 Å². The van der Waals surface area contributed by atoms with E-state index in [2.05, 4.69) is 5.32 Å². The number of nitrogens with zero attached hydrogens (tertiary/aromatic N) is 1. The molecule has 1 aliphatic carbocycles. The molecule has 102 valence electrons. The van der Waals surface area contributed by atoms with Crippen molar-refractivity contribution in [1.29, 1.82) is 0 Å². The molecule has 1 N–H and O–H groups in total. The molecule has 0 bridgehead atoms. The van der Waals surface area contributed by atoms with E-state index in [9.17, 15) is 19.3 Å². The van der Waals surface area contributed by atoms with E-state index in [4.69, 9.17) is 0 Å². The lowest BCUT2D eigenvalue weighted by atomic mass is 9.83. The van der Waals surface area contributed by atoms with Gasteiger partial charge in [-0.05, 0) is 24.5 Å². The number of hydrogen-bond acceptors (Lipinski definition) is 3. The van der Waals surface area contributed by atoms with E-state index < -0.39 is 22.3 Å². The second kappa shape index (κ2) is 5.77. The highest BCUT2D eigenvalue weighted by atomic mass is 19.1. The molecule has 0 atom stereocenters. The van der Waals surface area contributed by atoms with Crippen molar-refractivity contribution >= 4 is 11.6 Å². The number of hydrogen-bond donors (Lipinski definition) is 1. The molecule has 5 nitrogen and oxygen atoms in total. The fraction of sp³-hybridized carbons (Fsp3) is 0.462. The molecule has 0 spiro atoms. The maximum atomic E-state index is 13.4. The van der Waals surface area contributed by atoms with Crippen LogP contribution in [0.2, 0.25) is 0 Å². The van der Waals surface area contributed by atoms with Crippen molar-refractivity contribution in [2.75, 3.05) is 6.54 Å². The predicted molar refractivity (Wildman–Crippen MR) is 67.3 cm³/mol. The average molecular weight is 266 g/mol. The van der Waals surface area contributed by atoms with Crippen molar-refractivity contribution in [3.63, 3.8) is 0 Å². The number of nitro groups is 1. The van der Waals surface area contributed by atoms with Gasteiger partial charge in [-0.25, -0.2) is 0 Å². The van der Waals surface area contributed by atoms with Gasteiger partial charge < -0.3 is 5.32 Å². The van der Waals surface area contributed by atoms with E-state index in [0.29, 0.717) is 12.5 Å². The molecular formula is C13H15FN2O3. The zero-order chi connectivity index (χ0) is 13.8. The van der Waals surface area contributed by atoms with Gasteiger partial charge in [0.2, 0.25) is 5.82 Å². The maximum absolute atomic E-state index is 13.4. The molecule has 2 rings (SSSR count). The largest absolute Gasteiger partial charge is 0.352 e. The van der Waals surface area contributed by atoms with E-state index in [1.54, 1.807) is 0 Å². The molecule has 0 unspecified atom stereocenters. The summed E-state index contributed by atoms with van der Waals surface area (Å²) in [6, 6.07) is 3.17. The van der Waals surface area contributed by atoms with Gasteiger partial charge in [0, 0.05) is 18.2 Å². The molecule has 1 aromatic rings. The number of nitrogens with one attached hydrogen (secondary N) is 1. The van der Waals surface area contributed by atoms with Crippen molar-refractivity contribution in [2.45, 2.75) is 25.7 Å². The third-order valence-electron chi connectivity index (χ3n) is 3.47. The summed E-state index contributed by atoms with van der Waals surface area (Å²) in [7, 11) is 0. The summed E-state index contributed by atoms with van der Waals surface area (Å²) in [5.41, 5.74) is -0.511. The van der Waals surface area contributed by atoms with Crippen molar-refractivity contribution < 1.29 is 14.1 Å². The van der Waals surface area contributed by atoms with Crippen LogP contribution >= 0.6 is 0 Å². The molecule has 1 aliphatic rings. The maximum Gasteiger partial charge on any atom is 0.304 e. The van der Waals surface area contributed by atoms with Crippen LogP contribution < -0.4 is 5.32 Å². The Balaban J connectivity index is 1.91. The third kappa shape index (κ3) is 3.27.